The van der Waals surface area contributed by atoms with Gasteiger partial charge in [-0.15, -0.1) is 0 Å². The van der Waals surface area contributed by atoms with E-state index in [0.29, 0.717) is 30.9 Å². The average Bonchev–Trinajstić information content (AvgIpc) is 2.33. The Morgan fingerprint density at radius 3 is 2.84 bits per heavy atom. The van der Waals surface area contributed by atoms with Crippen molar-refractivity contribution in [1.29, 1.82) is 0 Å². The number of aryl methyl sites for hydroxylation is 1. The molecule has 19 heavy (non-hydrogen) atoms. The molecule has 0 aromatic carbocycles. The molecule has 0 spiro atoms. The fraction of sp³-hybridized carbons (Fsp3) is 0.500. The van der Waals surface area contributed by atoms with Crippen LogP contribution in [0.25, 0.3) is 0 Å². The van der Waals surface area contributed by atoms with E-state index in [4.69, 9.17) is 0 Å². The third kappa shape index (κ3) is 4.20. The van der Waals surface area contributed by atoms with Crippen LogP contribution in [0.1, 0.15) is 18.9 Å². The summed E-state index contributed by atoms with van der Waals surface area (Å²) in [6.07, 6.45) is 2.25. The summed E-state index contributed by atoms with van der Waals surface area (Å²) in [6.45, 7) is 4.27. The van der Waals surface area contributed by atoms with Crippen molar-refractivity contribution < 1.29 is 9.72 Å². The summed E-state index contributed by atoms with van der Waals surface area (Å²) in [5, 5.41) is 13.7. The maximum Gasteiger partial charge on any atom is 0.314 e. The van der Waals surface area contributed by atoms with Crippen LogP contribution in [0.3, 0.4) is 0 Å². The van der Waals surface area contributed by atoms with Crippen LogP contribution in [0.5, 0.6) is 0 Å². The van der Waals surface area contributed by atoms with Crippen LogP contribution in [0.15, 0.2) is 12.3 Å². The van der Waals surface area contributed by atoms with Crippen molar-refractivity contribution in [1.82, 2.24) is 10.3 Å². The first-order valence-corrected chi connectivity index (χ1v) is 5.99. The first-order chi connectivity index (χ1) is 8.93. The molecule has 1 aromatic rings. The normalized spacial score (nSPS) is 10.1. The highest BCUT2D eigenvalue weighted by Gasteiger charge is 2.21. The molecule has 7 nitrogen and oxygen atoms in total. The topological polar surface area (TPSA) is 88.4 Å². The Balaban J connectivity index is 2.71. The lowest BCUT2D eigenvalue weighted by molar-refractivity contribution is -0.384. The van der Waals surface area contributed by atoms with Crippen molar-refractivity contribution in [2.45, 2.75) is 20.3 Å². The van der Waals surface area contributed by atoms with Gasteiger partial charge in [-0.25, -0.2) is 4.98 Å². The van der Waals surface area contributed by atoms with Crippen LogP contribution in [0, 0.1) is 17.0 Å². The zero-order valence-electron chi connectivity index (χ0n) is 11.3. The van der Waals surface area contributed by atoms with Crippen molar-refractivity contribution in [2.75, 3.05) is 25.0 Å². The number of aromatic nitrogens is 1. The molecule has 0 atom stereocenters. The summed E-state index contributed by atoms with van der Waals surface area (Å²) >= 11 is 0. The second-order valence-electron chi connectivity index (χ2n) is 4.32. The molecular formula is C12H18N4O3. The van der Waals surface area contributed by atoms with Crippen LogP contribution >= 0.6 is 0 Å². The van der Waals surface area contributed by atoms with E-state index in [1.807, 2.05) is 0 Å². The van der Waals surface area contributed by atoms with Crippen LogP contribution < -0.4 is 10.2 Å². The fourth-order valence-corrected chi connectivity index (χ4v) is 1.73. The van der Waals surface area contributed by atoms with Gasteiger partial charge in [-0.05, 0) is 19.4 Å². The molecule has 0 aliphatic heterocycles. The van der Waals surface area contributed by atoms with Gasteiger partial charge in [0.1, 0.15) is 0 Å². The van der Waals surface area contributed by atoms with Gasteiger partial charge in [0, 0.05) is 38.8 Å². The van der Waals surface area contributed by atoms with E-state index in [1.165, 1.54) is 6.92 Å². The number of hydrogen-bond donors (Lipinski definition) is 1. The third-order valence-corrected chi connectivity index (χ3v) is 2.70. The van der Waals surface area contributed by atoms with E-state index in [1.54, 1.807) is 31.1 Å². The van der Waals surface area contributed by atoms with Gasteiger partial charge in [0.15, 0.2) is 0 Å². The predicted molar refractivity (Wildman–Crippen MR) is 72.2 cm³/mol. The Kier molecular flexibility index (Phi) is 5.23. The zero-order valence-corrected chi connectivity index (χ0v) is 11.3. The van der Waals surface area contributed by atoms with Crippen LogP contribution in [0.4, 0.5) is 11.5 Å². The van der Waals surface area contributed by atoms with Crippen molar-refractivity contribution in [2.24, 2.45) is 0 Å². The monoisotopic (exact) mass is 266 g/mol. The summed E-state index contributed by atoms with van der Waals surface area (Å²) in [7, 11) is 1.75. The summed E-state index contributed by atoms with van der Waals surface area (Å²) < 4.78 is 0. The van der Waals surface area contributed by atoms with Gasteiger partial charge in [-0.2, -0.15) is 0 Å². The van der Waals surface area contributed by atoms with Gasteiger partial charge < -0.3 is 10.2 Å². The van der Waals surface area contributed by atoms with Gasteiger partial charge in [-0.3, -0.25) is 14.9 Å². The molecule has 0 fully saturated rings. The molecule has 0 aliphatic rings. The lowest BCUT2D eigenvalue weighted by Crippen LogP contribution is -2.27. The Labute approximate surface area is 111 Å². The highest BCUT2D eigenvalue weighted by Crippen LogP contribution is 2.27. The zero-order chi connectivity index (χ0) is 14.4. The lowest BCUT2D eigenvalue weighted by atomic mass is 10.2. The van der Waals surface area contributed by atoms with Crippen molar-refractivity contribution >= 4 is 17.4 Å². The summed E-state index contributed by atoms with van der Waals surface area (Å²) in [5.74, 6) is 0.273. The Bertz CT molecular complexity index is 476. The Morgan fingerprint density at radius 1 is 1.58 bits per heavy atom. The third-order valence-electron chi connectivity index (χ3n) is 2.70. The van der Waals surface area contributed by atoms with E-state index in [2.05, 4.69) is 10.3 Å². The first-order valence-electron chi connectivity index (χ1n) is 5.99. The summed E-state index contributed by atoms with van der Waals surface area (Å²) in [6, 6.07) is 1.62. The van der Waals surface area contributed by atoms with E-state index >= 15 is 0 Å². The molecule has 1 amide bonds. The molecule has 1 aromatic heterocycles. The van der Waals surface area contributed by atoms with Crippen molar-refractivity contribution in [3.8, 4) is 0 Å². The molecule has 1 heterocycles. The summed E-state index contributed by atoms with van der Waals surface area (Å²) in [4.78, 5) is 27.2. The molecule has 1 rings (SSSR count). The number of carbonyl (C=O) groups is 1. The second kappa shape index (κ2) is 6.67. The number of nitro groups is 1. The van der Waals surface area contributed by atoms with Gasteiger partial charge in [-0.1, -0.05) is 0 Å². The minimum atomic E-state index is -0.415. The largest absolute Gasteiger partial charge is 0.356 e. The van der Waals surface area contributed by atoms with Crippen LogP contribution in [-0.4, -0.2) is 36.0 Å². The molecule has 0 bridgehead atoms. The predicted octanol–water partition coefficient (Wildman–Crippen LogP) is 1.26. The molecule has 0 saturated carbocycles. The van der Waals surface area contributed by atoms with Crippen molar-refractivity contribution in [3.05, 3.63) is 27.9 Å². The molecule has 0 radical (unpaired) electrons. The number of amides is 1. The molecular weight excluding hydrogens is 248 g/mol. The Hall–Kier alpha value is -2.18. The first kappa shape index (κ1) is 14.9. The number of nitrogens with zero attached hydrogens (tertiary/aromatic N) is 3. The number of carbonyl (C=O) groups excluding carboxylic acids is 1. The molecule has 0 aliphatic carbocycles. The number of hydrogen-bond acceptors (Lipinski definition) is 5. The number of anilines is 1. The number of rotatable bonds is 6. The lowest BCUT2D eigenvalue weighted by Gasteiger charge is -2.18. The van der Waals surface area contributed by atoms with Crippen molar-refractivity contribution in [3.63, 3.8) is 0 Å². The molecule has 0 unspecified atom stereocenters. The average molecular weight is 266 g/mol. The second-order valence-corrected chi connectivity index (χ2v) is 4.32. The van der Waals surface area contributed by atoms with E-state index in [9.17, 15) is 14.9 Å². The minimum absolute atomic E-state index is 0.0320. The molecule has 1 N–H and O–H groups in total. The molecule has 7 heteroatoms. The maximum absolute atomic E-state index is 11.0. The summed E-state index contributed by atoms with van der Waals surface area (Å²) in [5.41, 5.74) is 0.619. The quantitative estimate of drug-likeness (QED) is 0.475. The fourth-order valence-electron chi connectivity index (χ4n) is 1.73. The van der Waals surface area contributed by atoms with Gasteiger partial charge in [0.2, 0.25) is 11.7 Å². The SMILES string of the molecule is CC(=O)NCCCN(C)c1nccc(C)c1[N+](=O)[O-]. The maximum atomic E-state index is 11.0. The highest BCUT2D eigenvalue weighted by atomic mass is 16.6. The number of pyridine rings is 1. The van der Waals surface area contributed by atoms with Gasteiger partial charge in [0.25, 0.3) is 0 Å². The van der Waals surface area contributed by atoms with Crippen LogP contribution in [0.2, 0.25) is 0 Å². The minimum Gasteiger partial charge on any atom is -0.356 e. The smallest absolute Gasteiger partial charge is 0.314 e. The van der Waals surface area contributed by atoms with E-state index in [0.717, 1.165) is 0 Å². The van der Waals surface area contributed by atoms with E-state index < -0.39 is 4.92 Å². The van der Waals surface area contributed by atoms with Gasteiger partial charge in [0.05, 0.1) is 4.92 Å². The van der Waals surface area contributed by atoms with E-state index in [-0.39, 0.29) is 11.6 Å². The Morgan fingerprint density at radius 2 is 2.26 bits per heavy atom. The van der Waals surface area contributed by atoms with Crippen LogP contribution in [-0.2, 0) is 4.79 Å². The molecule has 0 saturated heterocycles. The van der Waals surface area contributed by atoms with Gasteiger partial charge >= 0.3 is 5.69 Å². The standard InChI is InChI=1S/C12H18N4O3/c1-9-5-7-14-12(11(9)16(18)19)15(3)8-4-6-13-10(2)17/h5,7H,4,6,8H2,1-3H3,(H,13,17). The highest BCUT2D eigenvalue weighted by molar-refractivity contribution is 5.72. The molecule has 104 valence electrons. The number of nitrogens with one attached hydrogen (secondary N) is 1.